The lowest BCUT2D eigenvalue weighted by Crippen LogP contribution is -2.43. The molecule has 0 unspecified atom stereocenters. The van der Waals surface area contributed by atoms with Crippen molar-refractivity contribution >= 4 is 29.1 Å². The monoisotopic (exact) mass is 347 g/mol. The number of amides is 3. The van der Waals surface area contributed by atoms with E-state index in [4.69, 9.17) is 4.74 Å². The van der Waals surface area contributed by atoms with Crippen LogP contribution in [-0.2, 0) is 19.1 Å². The standard InChI is InChI=1S/C18H25N3O4/c1-4-17(23)21-9-5-6-15(21)18(24)20-14-10-13(8-7-12(14)2)19-16(22)11-25-3/h7-8,10,15H,4-6,9,11H2,1-3H3,(H,19,22)(H,20,24)/t15-/m0/s1. The minimum atomic E-state index is -0.432. The number of anilines is 2. The third-order valence-electron chi connectivity index (χ3n) is 4.23. The van der Waals surface area contributed by atoms with Crippen LogP contribution in [0.4, 0.5) is 11.4 Å². The van der Waals surface area contributed by atoms with Gasteiger partial charge in [-0.2, -0.15) is 0 Å². The second-order valence-electron chi connectivity index (χ2n) is 6.10. The first-order valence-electron chi connectivity index (χ1n) is 8.46. The Morgan fingerprint density at radius 3 is 2.72 bits per heavy atom. The molecule has 136 valence electrons. The van der Waals surface area contributed by atoms with Crippen molar-refractivity contribution in [3.05, 3.63) is 23.8 Å². The van der Waals surface area contributed by atoms with Crippen molar-refractivity contribution in [2.24, 2.45) is 0 Å². The Morgan fingerprint density at radius 1 is 1.28 bits per heavy atom. The third-order valence-corrected chi connectivity index (χ3v) is 4.23. The normalized spacial score (nSPS) is 16.6. The summed E-state index contributed by atoms with van der Waals surface area (Å²) in [7, 11) is 1.45. The number of carbonyl (C=O) groups is 3. The van der Waals surface area contributed by atoms with Crippen LogP contribution in [0.15, 0.2) is 18.2 Å². The van der Waals surface area contributed by atoms with Gasteiger partial charge in [-0.15, -0.1) is 0 Å². The number of nitrogens with zero attached hydrogens (tertiary/aromatic N) is 1. The van der Waals surface area contributed by atoms with E-state index in [1.165, 1.54) is 7.11 Å². The minimum absolute atomic E-state index is 0.00467. The Kier molecular flexibility index (Phi) is 6.52. The summed E-state index contributed by atoms with van der Waals surface area (Å²) in [5.74, 6) is -0.461. The van der Waals surface area contributed by atoms with Crippen molar-refractivity contribution in [3.8, 4) is 0 Å². The first-order valence-corrected chi connectivity index (χ1v) is 8.46. The third kappa shape index (κ3) is 4.79. The van der Waals surface area contributed by atoms with Gasteiger partial charge < -0.3 is 20.3 Å². The summed E-state index contributed by atoms with van der Waals surface area (Å²) in [5, 5.41) is 5.60. The Morgan fingerprint density at radius 2 is 2.04 bits per heavy atom. The van der Waals surface area contributed by atoms with Gasteiger partial charge in [-0.05, 0) is 37.5 Å². The van der Waals surface area contributed by atoms with Crippen LogP contribution >= 0.6 is 0 Å². The SMILES string of the molecule is CCC(=O)N1CCC[C@H]1C(=O)Nc1cc(NC(=O)COC)ccc1C. The van der Waals surface area contributed by atoms with Crippen LogP contribution in [-0.4, -0.2) is 48.9 Å². The number of likely N-dealkylation sites (tertiary alicyclic amines) is 1. The highest BCUT2D eigenvalue weighted by Crippen LogP contribution is 2.24. The predicted molar refractivity (Wildman–Crippen MR) is 95.3 cm³/mol. The summed E-state index contributed by atoms with van der Waals surface area (Å²) in [6.07, 6.45) is 1.89. The van der Waals surface area contributed by atoms with Gasteiger partial charge in [-0.3, -0.25) is 14.4 Å². The zero-order valence-electron chi connectivity index (χ0n) is 14.9. The predicted octanol–water partition coefficient (Wildman–Crippen LogP) is 1.92. The molecule has 7 heteroatoms. The van der Waals surface area contributed by atoms with E-state index in [1.54, 1.807) is 24.0 Å². The van der Waals surface area contributed by atoms with Gasteiger partial charge in [0.05, 0.1) is 0 Å². The number of ether oxygens (including phenoxy) is 1. The van der Waals surface area contributed by atoms with E-state index in [-0.39, 0.29) is 24.3 Å². The van der Waals surface area contributed by atoms with E-state index < -0.39 is 6.04 Å². The fraction of sp³-hybridized carbons (Fsp3) is 0.500. The molecule has 1 saturated heterocycles. The molecular weight excluding hydrogens is 322 g/mol. The Hall–Kier alpha value is -2.41. The van der Waals surface area contributed by atoms with Crippen LogP contribution in [0.25, 0.3) is 0 Å². The molecule has 1 aromatic rings. The molecule has 1 heterocycles. The summed E-state index contributed by atoms with van der Waals surface area (Å²) >= 11 is 0. The van der Waals surface area contributed by atoms with Gasteiger partial charge in [0, 0.05) is 31.5 Å². The first kappa shape index (κ1) is 18.9. The topological polar surface area (TPSA) is 87.7 Å². The zero-order chi connectivity index (χ0) is 18.4. The lowest BCUT2D eigenvalue weighted by Gasteiger charge is -2.24. The molecule has 7 nitrogen and oxygen atoms in total. The molecule has 2 rings (SSSR count). The molecule has 0 spiro atoms. The molecule has 1 aromatic carbocycles. The van der Waals surface area contributed by atoms with E-state index in [9.17, 15) is 14.4 Å². The molecular formula is C18H25N3O4. The van der Waals surface area contributed by atoms with Gasteiger partial charge in [0.1, 0.15) is 12.6 Å². The minimum Gasteiger partial charge on any atom is -0.375 e. The highest BCUT2D eigenvalue weighted by Gasteiger charge is 2.33. The summed E-state index contributed by atoms with van der Waals surface area (Å²) in [4.78, 5) is 37.9. The largest absolute Gasteiger partial charge is 0.375 e. The summed E-state index contributed by atoms with van der Waals surface area (Å²) in [5.41, 5.74) is 2.08. The van der Waals surface area contributed by atoms with Crippen molar-refractivity contribution < 1.29 is 19.1 Å². The molecule has 1 atom stereocenters. The van der Waals surface area contributed by atoms with E-state index >= 15 is 0 Å². The van der Waals surface area contributed by atoms with E-state index in [1.807, 2.05) is 13.0 Å². The number of nitrogens with one attached hydrogen (secondary N) is 2. The number of hydrogen-bond donors (Lipinski definition) is 2. The summed E-state index contributed by atoms with van der Waals surface area (Å²) < 4.78 is 4.79. The highest BCUT2D eigenvalue weighted by molar-refractivity contribution is 5.99. The maximum atomic E-state index is 12.6. The van der Waals surface area contributed by atoms with Gasteiger partial charge in [-0.25, -0.2) is 0 Å². The smallest absolute Gasteiger partial charge is 0.250 e. The molecule has 2 N–H and O–H groups in total. The maximum Gasteiger partial charge on any atom is 0.250 e. The number of methoxy groups -OCH3 is 1. The Balaban J connectivity index is 2.09. The quantitative estimate of drug-likeness (QED) is 0.823. The number of carbonyl (C=O) groups excluding carboxylic acids is 3. The Bertz CT molecular complexity index is 660. The number of aryl methyl sites for hydroxylation is 1. The highest BCUT2D eigenvalue weighted by atomic mass is 16.5. The molecule has 0 aromatic heterocycles. The molecule has 1 aliphatic heterocycles. The number of benzene rings is 1. The summed E-state index contributed by atoms with van der Waals surface area (Å²) in [6.45, 7) is 4.26. The fourth-order valence-corrected chi connectivity index (χ4v) is 2.92. The molecule has 0 aliphatic carbocycles. The van der Waals surface area contributed by atoms with Crippen LogP contribution < -0.4 is 10.6 Å². The van der Waals surface area contributed by atoms with Gasteiger partial charge >= 0.3 is 0 Å². The molecule has 25 heavy (non-hydrogen) atoms. The Labute approximate surface area is 147 Å². The van der Waals surface area contributed by atoms with Crippen LogP contribution in [0.2, 0.25) is 0 Å². The molecule has 1 fully saturated rings. The second kappa shape index (κ2) is 8.62. The lowest BCUT2D eigenvalue weighted by atomic mass is 10.1. The molecule has 0 radical (unpaired) electrons. The molecule has 0 bridgehead atoms. The van der Waals surface area contributed by atoms with E-state index in [0.717, 1.165) is 12.0 Å². The van der Waals surface area contributed by atoms with Crippen molar-refractivity contribution in [2.45, 2.75) is 39.2 Å². The van der Waals surface area contributed by atoms with Crippen LogP contribution in [0.3, 0.4) is 0 Å². The molecule has 1 aliphatic rings. The van der Waals surface area contributed by atoms with Gasteiger partial charge in [0.25, 0.3) is 0 Å². The van der Waals surface area contributed by atoms with Crippen LogP contribution in [0, 0.1) is 6.92 Å². The first-order chi connectivity index (χ1) is 12.0. The number of rotatable bonds is 6. The lowest BCUT2D eigenvalue weighted by molar-refractivity contribution is -0.136. The molecule has 3 amide bonds. The average molecular weight is 347 g/mol. The van der Waals surface area contributed by atoms with E-state index in [2.05, 4.69) is 10.6 Å². The van der Waals surface area contributed by atoms with E-state index in [0.29, 0.717) is 30.8 Å². The summed E-state index contributed by atoms with van der Waals surface area (Å²) in [6, 6.07) is 4.86. The second-order valence-corrected chi connectivity index (χ2v) is 6.10. The van der Waals surface area contributed by atoms with Gasteiger partial charge in [0.2, 0.25) is 17.7 Å². The maximum absolute atomic E-state index is 12.6. The number of hydrogen-bond acceptors (Lipinski definition) is 4. The fourth-order valence-electron chi connectivity index (χ4n) is 2.92. The van der Waals surface area contributed by atoms with Crippen molar-refractivity contribution in [1.29, 1.82) is 0 Å². The average Bonchev–Trinajstić information content (AvgIpc) is 3.07. The van der Waals surface area contributed by atoms with Crippen LogP contribution in [0.5, 0.6) is 0 Å². The van der Waals surface area contributed by atoms with Crippen molar-refractivity contribution in [3.63, 3.8) is 0 Å². The zero-order valence-corrected chi connectivity index (χ0v) is 14.9. The van der Waals surface area contributed by atoms with Crippen molar-refractivity contribution in [1.82, 2.24) is 4.90 Å². The van der Waals surface area contributed by atoms with Crippen molar-refractivity contribution in [2.75, 3.05) is 30.9 Å². The van der Waals surface area contributed by atoms with Crippen LogP contribution in [0.1, 0.15) is 31.7 Å². The van der Waals surface area contributed by atoms with Gasteiger partial charge in [-0.1, -0.05) is 13.0 Å². The van der Waals surface area contributed by atoms with Gasteiger partial charge in [0.15, 0.2) is 0 Å². The molecule has 0 saturated carbocycles.